The van der Waals surface area contributed by atoms with Gasteiger partial charge in [-0.05, 0) is 18.1 Å². The summed E-state index contributed by atoms with van der Waals surface area (Å²) in [6, 6.07) is 5.59. The molecule has 108 valence electrons. The first kappa shape index (κ1) is 14.5. The molecule has 0 aliphatic carbocycles. The van der Waals surface area contributed by atoms with Crippen LogP contribution in [0.5, 0.6) is 0 Å². The van der Waals surface area contributed by atoms with Gasteiger partial charge in [-0.15, -0.1) is 0 Å². The van der Waals surface area contributed by atoms with Crippen molar-refractivity contribution < 1.29 is 9.59 Å². The zero-order valence-electron chi connectivity index (χ0n) is 12.0. The largest absolute Gasteiger partial charge is 0.350 e. The molecule has 1 fully saturated rings. The maximum Gasteiger partial charge on any atom is 0.225 e. The lowest BCUT2D eigenvalue weighted by Gasteiger charge is -2.18. The minimum atomic E-state index is -0.232. The Balaban J connectivity index is 1.83. The number of rotatable bonds is 5. The number of nitrogens with one attached hydrogen (secondary N) is 1. The van der Waals surface area contributed by atoms with E-state index in [2.05, 4.69) is 24.1 Å². The normalized spacial score (nSPS) is 18.6. The van der Waals surface area contributed by atoms with E-state index in [9.17, 15) is 9.59 Å². The number of hydrogen-bond donors (Lipinski definition) is 1. The number of aromatic nitrogens is 1. The van der Waals surface area contributed by atoms with Gasteiger partial charge in [0.2, 0.25) is 11.8 Å². The molecular weight excluding hydrogens is 254 g/mol. The molecule has 2 amide bonds. The molecule has 20 heavy (non-hydrogen) atoms. The Morgan fingerprint density at radius 1 is 1.50 bits per heavy atom. The summed E-state index contributed by atoms with van der Waals surface area (Å²) in [6.07, 6.45) is 2.02. The SMILES string of the molecule is CC(C)CN1CC(C(=O)NCc2ccccn2)CC1=O. The lowest BCUT2D eigenvalue weighted by atomic mass is 10.1. The van der Waals surface area contributed by atoms with Gasteiger partial charge in [0, 0.05) is 25.7 Å². The maximum atomic E-state index is 12.1. The molecule has 0 radical (unpaired) electrons. The van der Waals surface area contributed by atoms with E-state index >= 15 is 0 Å². The second-order valence-electron chi connectivity index (χ2n) is 5.63. The number of carbonyl (C=O) groups excluding carboxylic acids is 2. The summed E-state index contributed by atoms with van der Waals surface area (Å²) in [4.78, 5) is 29.9. The molecule has 1 unspecified atom stereocenters. The predicted octanol–water partition coefficient (Wildman–Crippen LogP) is 1.20. The molecule has 5 nitrogen and oxygen atoms in total. The van der Waals surface area contributed by atoms with Gasteiger partial charge >= 0.3 is 0 Å². The first-order chi connectivity index (χ1) is 9.56. The van der Waals surface area contributed by atoms with Gasteiger partial charge in [-0.3, -0.25) is 14.6 Å². The van der Waals surface area contributed by atoms with E-state index < -0.39 is 0 Å². The first-order valence-electron chi connectivity index (χ1n) is 7.01. The molecule has 1 N–H and O–H groups in total. The van der Waals surface area contributed by atoms with Gasteiger partial charge in [0.15, 0.2) is 0 Å². The predicted molar refractivity (Wildman–Crippen MR) is 75.6 cm³/mol. The van der Waals surface area contributed by atoms with E-state index in [-0.39, 0.29) is 17.7 Å². The Kier molecular flexibility index (Phi) is 4.71. The van der Waals surface area contributed by atoms with Gasteiger partial charge in [-0.25, -0.2) is 0 Å². The molecule has 1 atom stereocenters. The molecule has 1 aromatic heterocycles. The van der Waals surface area contributed by atoms with Crippen molar-refractivity contribution >= 4 is 11.8 Å². The van der Waals surface area contributed by atoms with Gasteiger partial charge < -0.3 is 10.2 Å². The summed E-state index contributed by atoms with van der Waals surface area (Å²) in [5, 5.41) is 2.85. The third-order valence-corrected chi connectivity index (χ3v) is 3.34. The molecule has 2 heterocycles. The fourth-order valence-electron chi connectivity index (χ4n) is 2.39. The fourth-order valence-corrected chi connectivity index (χ4v) is 2.39. The van der Waals surface area contributed by atoms with Crippen LogP contribution in [-0.4, -0.2) is 34.8 Å². The standard InChI is InChI=1S/C15H21N3O2/c1-11(2)9-18-10-12(7-14(18)19)15(20)17-8-13-5-3-4-6-16-13/h3-6,11-12H,7-10H2,1-2H3,(H,17,20). The molecule has 1 aliphatic heterocycles. The van der Waals surface area contributed by atoms with Gasteiger partial charge in [0.1, 0.15) is 0 Å². The van der Waals surface area contributed by atoms with Crippen LogP contribution in [0.2, 0.25) is 0 Å². The highest BCUT2D eigenvalue weighted by Crippen LogP contribution is 2.19. The van der Waals surface area contributed by atoms with Crippen LogP contribution in [-0.2, 0) is 16.1 Å². The summed E-state index contributed by atoms with van der Waals surface area (Å²) in [5.74, 6) is 0.214. The Hall–Kier alpha value is -1.91. The molecule has 1 aliphatic rings. The summed E-state index contributed by atoms with van der Waals surface area (Å²) in [6.45, 7) is 5.81. The first-order valence-corrected chi connectivity index (χ1v) is 7.01. The number of amides is 2. The second-order valence-corrected chi connectivity index (χ2v) is 5.63. The molecule has 5 heteroatoms. The number of hydrogen-bond acceptors (Lipinski definition) is 3. The summed E-state index contributed by atoms with van der Waals surface area (Å²) < 4.78 is 0. The Morgan fingerprint density at radius 3 is 2.95 bits per heavy atom. The van der Waals surface area contributed by atoms with E-state index in [1.807, 2.05) is 18.2 Å². The topological polar surface area (TPSA) is 62.3 Å². The quantitative estimate of drug-likeness (QED) is 0.878. The van der Waals surface area contributed by atoms with Crippen molar-refractivity contribution in [3.05, 3.63) is 30.1 Å². The third-order valence-electron chi connectivity index (χ3n) is 3.34. The average Bonchev–Trinajstić information content (AvgIpc) is 2.78. The smallest absolute Gasteiger partial charge is 0.225 e. The molecule has 2 rings (SSSR count). The van der Waals surface area contributed by atoms with E-state index in [4.69, 9.17) is 0 Å². The molecule has 0 spiro atoms. The monoisotopic (exact) mass is 275 g/mol. The lowest BCUT2D eigenvalue weighted by Crippen LogP contribution is -2.34. The highest BCUT2D eigenvalue weighted by Gasteiger charge is 2.34. The highest BCUT2D eigenvalue weighted by molar-refractivity contribution is 5.89. The van der Waals surface area contributed by atoms with Crippen molar-refractivity contribution in [3.8, 4) is 0 Å². The summed E-state index contributed by atoms with van der Waals surface area (Å²) in [5.41, 5.74) is 0.823. The zero-order valence-corrected chi connectivity index (χ0v) is 12.0. The fraction of sp³-hybridized carbons (Fsp3) is 0.533. The Morgan fingerprint density at radius 2 is 2.30 bits per heavy atom. The van der Waals surface area contributed by atoms with Crippen LogP contribution in [0.4, 0.5) is 0 Å². The van der Waals surface area contributed by atoms with Gasteiger partial charge in [-0.2, -0.15) is 0 Å². The van der Waals surface area contributed by atoms with Gasteiger partial charge in [0.25, 0.3) is 0 Å². The number of carbonyl (C=O) groups is 2. The lowest BCUT2D eigenvalue weighted by molar-refractivity contribution is -0.129. The van der Waals surface area contributed by atoms with Crippen LogP contribution in [0.15, 0.2) is 24.4 Å². The molecule has 1 saturated heterocycles. The minimum absolute atomic E-state index is 0.0599. The van der Waals surface area contributed by atoms with Crippen molar-refractivity contribution in [2.24, 2.45) is 11.8 Å². The molecule has 1 aromatic rings. The zero-order chi connectivity index (χ0) is 14.5. The van der Waals surface area contributed by atoms with Gasteiger partial charge in [-0.1, -0.05) is 19.9 Å². The van der Waals surface area contributed by atoms with Crippen molar-refractivity contribution in [2.45, 2.75) is 26.8 Å². The molecule has 0 saturated carbocycles. The van der Waals surface area contributed by atoms with Crippen molar-refractivity contribution in [1.82, 2.24) is 15.2 Å². The Labute approximate surface area is 119 Å². The third kappa shape index (κ3) is 3.79. The Bertz CT molecular complexity index is 473. The minimum Gasteiger partial charge on any atom is -0.350 e. The number of nitrogens with zero attached hydrogens (tertiary/aromatic N) is 2. The average molecular weight is 275 g/mol. The van der Waals surface area contributed by atoms with Crippen LogP contribution < -0.4 is 5.32 Å². The molecular formula is C15H21N3O2. The van der Waals surface area contributed by atoms with Crippen LogP contribution in [0.3, 0.4) is 0 Å². The maximum absolute atomic E-state index is 12.1. The van der Waals surface area contributed by atoms with Crippen molar-refractivity contribution in [3.63, 3.8) is 0 Å². The van der Waals surface area contributed by atoms with Crippen LogP contribution in [0, 0.1) is 11.8 Å². The van der Waals surface area contributed by atoms with Crippen LogP contribution >= 0.6 is 0 Å². The summed E-state index contributed by atoms with van der Waals surface area (Å²) in [7, 11) is 0. The number of pyridine rings is 1. The summed E-state index contributed by atoms with van der Waals surface area (Å²) >= 11 is 0. The van der Waals surface area contributed by atoms with Crippen LogP contribution in [0.25, 0.3) is 0 Å². The van der Waals surface area contributed by atoms with Crippen LogP contribution in [0.1, 0.15) is 26.0 Å². The van der Waals surface area contributed by atoms with E-state index in [0.29, 0.717) is 25.4 Å². The van der Waals surface area contributed by atoms with E-state index in [1.54, 1.807) is 11.1 Å². The highest BCUT2D eigenvalue weighted by atomic mass is 16.2. The van der Waals surface area contributed by atoms with Crippen molar-refractivity contribution in [2.75, 3.05) is 13.1 Å². The second kappa shape index (κ2) is 6.50. The number of likely N-dealkylation sites (tertiary alicyclic amines) is 1. The van der Waals surface area contributed by atoms with E-state index in [1.165, 1.54) is 0 Å². The molecule has 0 bridgehead atoms. The van der Waals surface area contributed by atoms with Crippen molar-refractivity contribution in [1.29, 1.82) is 0 Å². The van der Waals surface area contributed by atoms with E-state index in [0.717, 1.165) is 12.2 Å². The molecule has 0 aromatic carbocycles. The van der Waals surface area contributed by atoms with Gasteiger partial charge in [0.05, 0.1) is 18.2 Å².